The number of hydroxylamine groups is 1. The highest BCUT2D eigenvalue weighted by atomic mass is 19.1. The van der Waals surface area contributed by atoms with E-state index in [2.05, 4.69) is 25.7 Å². The van der Waals surface area contributed by atoms with Crippen molar-refractivity contribution in [3.63, 3.8) is 0 Å². The van der Waals surface area contributed by atoms with Crippen molar-refractivity contribution in [3.05, 3.63) is 53.2 Å². The molecule has 0 radical (unpaired) electrons. The molecule has 30 heavy (non-hydrogen) atoms. The summed E-state index contributed by atoms with van der Waals surface area (Å²) < 4.78 is 14.3. The molecule has 4 N–H and O–H groups in total. The van der Waals surface area contributed by atoms with E-state index in [9.17, 15) is 14.4 Å². The molecule has 2 heterocycles. The summed E-state index contributed by atoms with van der Waals surface area (Å²) in [5, 5.41) is 12.6. The summed E-state index contributed by atoms with van der Waals surface area (Å²) in [7, 11) is 0. The monoisotopic (exact) mass is 407 g/mol. The summed E-state index contributed by atoms with van der Waals surface area (Å²) in [6.07, 6.45) is 3.08. The second-order valence-corrected chi connectivity index (χ2v) is 6.97. The number of carbonyl (C=O) groups is 1. The Morgan fingerprint density at radius 1 is 1.40 bits per heavy atom. The molecule has 152 valence electrons. The molecule has 1 aliphatic rings. The average molecular weight is 407 g/mol. The van der Waals surface area contributed by atoms with Crippen molar-refractivity contribution in [3.8, 4) is 6.07 Å². The van der Waals surface area contributed by atoms with Gasteiger partial charge in [-0.2, -0.15) is 5.26 Å². The van der Waals surface area contributed by atoms with Crippen molar-refractivity contribution < 1.29 is 14.0 Å². The number of carbonyl (C=O) groups excluding carboxylic acids is 1. The smallest absolute Gasteiger partial charge is 0.358 e. The van der Waals surface area contributed by atoms with Crippen LogP contribution in [0.2, 0.25) is 0 Å². The van der Waals surface area contributed by atoms with E-state index in [4.69, 9.17) is 10.6 Å². The van der Waals surface area contributed by atoms with Gasteiger partial charge in [0.15, 0.2) is 0 Å². The minimum absolute atomic E-state index is 0.0315. The lowest BCUT2D eigenvalue weighted by atomic mass is 10.0. The Morgan fingerprint density at radius 2 is 2.20 bits per heavy atom. The highest BCUT2D eigenvalue weighted by Gasteiger charge is 2.26. The SMILES string of the molecule is CC(Nc1ncnc(N)c1C#N)c1nc2cccc(F)c2cc1C(=O)ONC1CC1. The molecule has 3 aromatic rings. The van der Waals surface area contributed by atoms with E-state index in [-0.39, 0.29) is 34.2 Å². The molecule has 1 aliphatic carbocycles. The fourth-order valence-corrected chi connectivity index (χ4v) is 2.95. The largest absolute Gasteiger partial charge is 0.382 e. The number of nitrogen functional groups attached to an aromatic ring is 1. The van der Waals surface area contributed by atoms with Gasteiger partial charge >= 0.3 is 5.97 Å². The van der Waals surface area contributed by atoms with Gasteiger partial charge in [-0.1, -0.05) is 6.07 Å². The van der Waals surface area contributed by atoms with Crippen molar-refractivity contribution in [1.82, 2.24) is 20.4 Å². The molecule has 1 fully saturated rings. The number of nitrogens with two attached hydrogens (primary N) is 1. The number of rotatable bonds is 6. The Bertz CT molecular complexity index is 1170. The molecule has 0 spiro atoms. The highest BCUT2D eigenvalue weighted by Crippen LogP contribution is 2.28. The standard InChI is InChI=1S/C20H18FN7O2/c1-10(26-19-14(8-22)18(23)24-9-25-19)17-13(20(29)30-28-11-5-6-11)7-12-15(21)3-2-4-16(12)27-17/h2-4,7,9-11,28H,5-6H2,1H3,(H3,23,24,25,26). The molecule has 2 aromatic heterocycles. The van der Waals surface area contributed by atoms with E-state index >= 15 is 0 Å². The van der Waals surface area contributed by atoms with E-state index in [1.807, 2.05) is 6.07 Å². The van der Waals surface area contributed by atoms with Gasteiger partial charge in [0.25, 0.3) is 0 Å². The first kappa shape index (κ1) is 19.5. The number of nitrogens with zero attached hydrogens (tertiary/aromatic N) is 4. The fraction of sp³-hybridized carbons (Fsp3) is 0.250. The molecular weight excluding hydrogens is 389 g/mol. The molecular formula is C20H18FN7O2. The molecule has 0 saturated heterocycles. The molecule has 1 unspecified atom stereocenters. The van der Waals surface area contributed by atoms with Crippen molar-refractivity contribution in [2.24, 2.45) is 0 Å². The first-order valence-corrected chi connectivity index (χ1v) is 9.31. The van der Waals surface area contributed by atoms with Gasteiger partial charge in [-0.25, -0.2) is 24.1 Å². The van der Waals surface area contributed by atoms with Crippen LogP contribution in [-0.4, -0.2) is 27.0 Å². The number of halogens is 1. The maximum atomic E-state index is 14.3. The summed E-state index contributed by atoms with van der Waals surface area (Å²) in [5.41, 5.74) is 9.30. The van der Waals surface area contributed by atoms with Gasteiger partial charge in [0, 0.05) is 11.4 Å². The second-order valence-electron chi connectivity index (χ2n) is 6.97. The topological polar surface area (TPSA) is 139 Å². The summed E-state index contributed by atoms with van der Waals surface area (Å²) in [6, 6.07) is 7.41. The predicted molar refractivity (Wildman–Crippen MR) is 106 cm³/mol. The van der Waals surface area contributed by atoms with Crippen LogP contribution in [-0.2, 0) is 4.84 Å². The molecule has 4 rings (SSSR count). The van der Waals surface area contributed by atoms with Gasteiger partial charge in [-0.3, -0.25) is 0 Å². The van der Waals surface area contributed by atoms with Crippen LogP contribution in [0, 0.1) is 17.1 Å². The number of fused-ring (bicyclic) bond motifs is 1. The third-order valence-electron chi connectivity index (χ3n) is 4.70. The Labute approximate surface area is 171 Å². The van der Waals surface area contributed by atoms with Crippen molar-refractivity contribution in [1.29, 1.82) is 5.26 Å². The van der Waals surface area contributed by atoms with E-state index < -0.39 is 17.8 Å². The van der Waals surface area contributed by atoms with Gasteiger partial charge < -0.3 is 15.9 Å². The lowest BCUT2D eigenvalue weighted by Crippen LogP contribution is -2.24. The van der Waals surface area contributed by atoms with Crippen LogP contribution >= 0.6 is 0 Å². The quantitative estimate of drug-likeness (QED) is 0.526. The first-order valence-electron chi connectivity index (χ1n) is 9.31. The minimum Gasteiger partial charge on any atom is -0.382 e. The summed E-state index contributed by atoms with van der Waals surface area (Å²) in [6.45, 7) is 1.73. The number of nitriles is 1. The van der Waals surface area contributed by atoms with Gasteiger partial charge in [0.1, 0.15) is 35.4 Å². The van der Waals surface area contributed by atoms with Crippen molar-refractivity contribution in [2.75, 3.05) is 11.1 Å². The number of nitrogens with one attached hydrogen (secondary N) is 2. The zero-order valence-electron chi connectivity index (χ0n) is 16.0. The summed E-state index contributed by atoms with van der Waals surface area (Å²) in [5.74, 6) is -0.935. The zero-order chi connectivity index (χ0) is 21.3. The molecule has 1 aromatic carbocycles. The molecule has 0 bridgehead atoms. The van der Waals surface area contributed by atoms with Crippen LogP contribution < -0.4 is 16.5 Å². The van der Waals surface area contributed by atoms with Crippen molar-refractivity contribution >= 4 is 28.5 Å². The molecule has 10 heteroatoms. The number of anilines is 2. The Hall–Kier alpha value is -3.84. The number of hydrogen-bond donors (Lipinski definition) is 3. The maximum Gasteiger partial charge on any atom is 0.358 e. The molecule has 0 aliphatic heterocycles. The van der Waals surface area contributed by atoms with E-state index in [1.165, 1.54) is 24.5 Å². The number of aromatic nitrogens is 3. The van der Waals surface area contributed by atoms with Crippen molar-refractivity contribution in [2.45, 2.75) is 31.8 Å². The highest BCUT2D eigenvalue weighted by molar-refractivity contribution is 5.95. The summed E-state index contributed by atoms with van der Waals surface area (Å²) >= 11 is 0. The van der Waals surface area contributed by atoms with E-state index in [1.54, 1.807) is 13.0 Å². The molecule has 1 saturated carbocycles. The third kappa shape index (κ3) is 3.83. The normalized spacial score (nSPS) is 14.2. The predicted octanol–water partition coefficient (Wildman–Crippen LogP) is 2.61. The Morgan fingerprint density at radius 3 is 2.93 bits per heavy atom. The second kappa shape index (κ2) is 7.88. The van der Waals surface area contributed by atoms with Gasteiger partial charge in [0.05, 0.1) is 22.8 Å². The maximum absolute atomic E-state index is 14.3. The van der Waals surface area contributed by atoms with Crippen LogP contribution in [0.25, 0.3) is 10.9 Å². The first-order chi connectivity index (χ1) is 14.5. The van der Waals surface area contributed by atoms with Gasteiger partial charge in [0.2, 0.25) is 0 Å². The average Bonchev–Trinajstić information content (AvgIpc) is 3.56. The molecule has 0 amide bonds. The van der Waals surface area contributed by atoms with Crippen LogP contribution in [0.4, 0.5) is 16.0 Å². The summed E-state index contributed by atoms with van der Waals surface area (Å²) in [4.78, 5) is 30.2. The number of hydrogen-bond acceptors (Lipinski definition) is 9. The molecule has 1 atom stereocenters. The van der Waals surface area contributed by atoms with Gasteiger partial charge in [-0.15, -0.1) is 5.48 Å². The van der Waals surface area contributed by atoms with E-state index in [0.29, 0.717) is 11.2 Å². The van der Waals surface area contributed by atoms with Crippen LogP contribution in [0.5, 0.6) is 0 Å². The zero-order valence-corrected chi connectivity index (χ0v) is 16.0. The van der Waals surface area contributed by atoms with Gasteiger partial charge in [-0.05, 0) is 38.0 Å². The minimum atomic E-state index is -0.675. The Balaban J connectivity index is 1.74. The fourth-order valence-electron chi connectivity index (χ4n) is 2.95. The lowest BCUT2D eigenvalue weighted by Gasteiger charge is -2.19. The van der Waals surface area contributed by atoms with E-state index in [0.717, 1.165) is 12.8 Å². The van der Waals surface area contributed by atoms with Crippen LogP contribution in [0.3, 0.4) is 0 Å². The lowest BCUT2D eigenvalue weighted by molar-refractivity contribution is 0.0234. The molecule has 9 nitrogen and oxygen atoms in total. The third-order valence-corrected chi connectivity index (χ3v) is 4.70. The van der Waals surface area contributed by atoms with Crippen LogP contribution in [0.1, 0.15) is 47.4 Å². The number of benzene rings is 1. The number of pyridine rings is 1. The van der Waals surface area contributed by atoms with Crippen LogP contribution in [0.15, 0.2) is 30.6 Å². The Kier molecular flexibility index (Phi) is 5.12.